The number of halogens is 3. The predicted octanol–water partition coefficient (Wildman–Crippen LogP) is 2.07. The standard InChI is InChI=1S/C7H12F3N/c8-7(9,10)5-3-1-2-4-6(5)11/h5-6H,1-4,11H2. The fraction of sp³-hybridized carbons (Fsp3) is 1.00. The lowest BCUT2D eigenvalue weighted by molar-refractivity contribution is -0.186. The van der Waals surface area contributed by atoms with Crippen molar-refractivity contribution >= 4 is 0 Å². The summed E-state index contributed by atoms with van der Waals surface area (Å²) in [7, 11) is 0. The van der Waals surface area contributed by atoms with Gasteiger partial charge in [0.15, 0.2) is 0 Å². The molecule has 2 unspecified atom stereocenters. The normalized spacial score (nSPS) is 33.8. The second kappa shape index (κ2) is 3.01. The summed E-state index contributed by atoms with van der Waals surface area (Å²) in [5.74, 6) is -1.25. The molecule has 1 saturated carbocycles. The average molecular weight is 167 g/mol. The third-order valence-electron chi connectivity index (χ3n) is 2.24. The topological polar surface area (TPSA) is 26.0 Å². The Morgan fingerprint density at radius 3 is 2.00 bits per heavy atom. The summed E-state index contributed by atoms with van der Waals surface area (Å²) in [5.41, 5.74) is 5.35. The third-order valence-corrected chi connectivity index (χ3v) is 2.24. The number of hydrogen-bond donors (Lipinski definition) is 1. The highest BCUT2D eigenvalue weighted by Gasteiger charge is 2.43. The van der Waals surface area contributed by atoms with Crippen molar-refractivity contribution in [1.82, 2.24) is 0 Å². The molecule has 0 aromatic heterocycles. The van der Waals surface area contributed by atoms with Crippen LogP contribution in [0.5, 0.6) is 0 Å². The summed E-state index contributed by atoms with van der Waals surface area (Å²) in [6.07, 6.45) is -1.85. The van der Waals surface area contributed by atoms with Crippen LogP contribution in [0.15, 0.2) is 0 Å². The van der Waals surface area contributed by atoms with Gasteiger partial charge < -0.3 is 5.73 Å². The first-order chi connectivity index (χ1) is 5.02. The van der Waals surface area contributed by atoms with Gasteiger partial charge in [-0.2, -0.15) is 13.2 Å². The maximum atomic E-state index is 12.1. The van der Waals surface area contributed by atoms with Crippen LogP contribution in [-0.4, -0.2) is 12.2 Å². The van der Waals surface area contributed by atoms with Gasteiger partial charge in [-0.05, 0) is 12.8 Å². The Morgan fingerprint density at radius 2 is 1.64 bits per heavy atom. The zero-order chi connectivity index (χ0) is 8.48. The van der Waals surface area contributed by atoms with Crippen LogP contribution in [0.1, 0.15) is 25.7 Å². The van der Waals surface area contributed by atoms with Crippen molar-refractivity contribution in [1.29, 1.82) is 0 Å². The first-order valence-corrected chi connectivity index (χ1v) is 3.84. The maximum absolute atomic E-state index is 12.1. The Hall–Kier alpha value is -0.250. The van der Waals surface area contributed by atoms with E-state index in [1.165, 1.54) is 0 Å². The van der Waals surface area contributed by atoms with Gasteiger partial charge in [-0.15, -0.1) is 0 Å². The largest absolute Gasteiger partial charge is 0.393 e. The molecule has 1 aliphatic carbocycles. The number of alkyl halides is 3. The number of rotatable bonds is 0. The van der Waals surface area contributed by atoms with Gasteiger partial charge in [0.2, 0.25) is 0 Å². The molecular weight excluding hydrogens is 155 g/mol. The molecule has 11 heavy (non-hydrogen) atoms. The van der Waals surface area contributed by atoms with E-state index in [1.54, 1.807) is 0 Å². The molecule has 0 aliphatic heterocycles. The van der Waals surface area contributed by atoms with Gasteiger partial charge in [-0.25, -0.2) is 0 Å². The molecule has 1 nitrogen and oxygen atoms in total. The van der Waals surface area contributed by atoms with Crippen LogP contribution in [0.2, 0.25) is 0 Å². The van der Waals surface area contributed by atoms with E-state index in [1.807, 2.05) is 0 Å². The molecule has 0 radical (unpaired) electrons. The van der Waals surface area contributed by atoms with Gasteiger partial charge in [-0.1, -0.05) is 12.8 Å². The van der Waals surface area contributed by atoms with Crippen molar-refractivity contribution in [2.24, 2.45) is 11.7 Å². The SMILES string of the molecule is NC1CCCCC1C(F)(F)F. The molecule has 0 spiro atoms. The summed E-state index contributed by atoms with van der Waals surface area (Å²) in [4.78, 5) is 0. The van der Waals surface area contributed by atoms with Gasteiger partial charge in [0.1, 0.15) is 0 Å². The van der Waals surface area contributed by atoms with Crippen LogP contribution in [0.4, 0.5) is 13.2 Å². The van der Waals surface area contributed by atoms with E-state index in [0.717, 1.165) is 6.42 Å². The number of hydrogen-bond acceptors (Lipinski definition) is 1. The lowest BCUT2D eigenvalue weighted by Gasteiger charge is -2.29. The quantitative estimate of drug-likeness (QED) is 0.587. The molecule has 0 amide bonds. The highest BCUT2D eigenvalue weighted by Crippen LogP contribution is 2.36. The van der Waals surface area contributed by atoms with Crippen molar-refractivity contribution in [3.05, 3.63) is 0 Å². The monoisotopic (exact) mass is 167 g/mol. The molecule has 0 heterocycles. The molecule has 0 aromatic rings. The van der Waals surface area contributed by atoms with E-state index in [2.05, 4.69) is 0 Å². The average Bonchev–Trinajstić information content (AvgIpc) is 1.86. The van der Waals surface area contributed by atoms with E-state index in [4.69, 9.17) is 5.73 Å². The van der Waals surface area contributed by atoms with Crippen molar-refractivity contribution < 1.29 is 13.2 Å². The molecule has 2 atom stereocenters. The molecule has 2 N–H and O–H groups in total. The third kappa shape index (κ3) is 2.09. The van der Waals surface area contributed by atoms with E-state index in [0.29, 0.717) is 12.8 Å². The van der Waals surface area contributed by atoms with E-state index in [9.17, 15) is 13.2 Å². The van der Waals surface area contributed by atoms with Crippen molar-refractivity contribution in [2.45, 2.75) is 37.9 Å². The molecule has 0 bridgehead atoms. The predicted molar refractivity (Wildman–Crippen MR) is 36.0 cm³/mol. The minimum absolute atomic E-state index is 0.213. The Morgan fingerprint density at radius 1 is 1.09 bits per heavy atom. The molecule has 1 rings (SSSR count). The summed E-state index contributed by atoms with van der Waals surface area (Å²) in [6.45, 7) is 0. The zero-order valence-corrected chi connectivity index (χ0v) is 6.19. The second-order valence-electron chi connectivity index (χ2n) is 3.10. The Bertz CT molecular complexity index is 132. The molecule has 0 saturated heterocycles. The minimum atomic E-state index is -4.08. The van der Waals surface area contributed by atoms with Crippen LogP contribution in [-0.2, 0) is 0 Å². The molecule has 4 heteroatoms. The van der Waals surface area contributed by atoms with Gasteiger partial charge in [0.05, 0.1) is 5.92 Å². The van der Waals surface area contributed by atoms with Gasteiger partial charge in [0, 0.05) is 6.04 Å². The molecule has 66 valence electrons. The fourth-order valence-electron chi connectivity index (χ4n) is 1.57. The summed E-state index contributed by atoms with van der Waals surface area (Å²) in [6, 6.07) is -0.663. The lowest BCUT2D eigenvalue weighted by atomic mass is 9.85. The van der Waals surface area contributed by atoms with Crippen LogP contribution in [0.3, 0.4) is 0 Å². The van der Waals surface area contributed by atoms with Crippen LogP contribution in [0, 0.1) is 5.92 Å². The fourth-order valence-corrected chi connectivity index (χ4v) is 1.57. The van der Waals surface area contributed by atoms with E-state index < -0.39 is 18.1 Å². The summed E-state index contributed by atoms with van der Waals surface area (Å²) >= 11 is 0. The first-order valence-electron chi connectivity index (χ1n) is 3.84. The molecule has 1 aliphatic rings. The number of nitrogens with two attached hydrogens (primary N) is 1. The second-order valence-corrected chi connectivity index (χ2v) is 3.10. The molecular formula is C7H12F3N. The van der Waals surface area contributed by atoms with Gasteiger partial charge in [-0.3, -0.25) is 0 Å². The Labute approximate surface area is 63.8 Å². The summed E-state index contributed by atoms with van der Waals surface area (Å²) < 4.78 is 36.3. The molecule has 1 fully saturated rings. The Kier molecular flexibility index (Phi) is 2.42. The van der Waals surface area contributed by atoms with Crippen molar-refractivity contribution in [3.63, 3.8) is 0 Å². The van der Waals surface area contributed by atoms with E-state index >= 15 is 0 Å². The van der Waals surface area contributed by atoms with Gasteiger partial charge >= 0.3 is 6.18 Å². The zero-order valence-electron chi connectivity index (χ0n) is 6.19. The highest BCUT2D eigenvalue weighted by atomic mass is 19.4. The highest BCUT2D eigenvalue weighted by molar-refractivity contribution is 4.82. The van der Waals surface area contributed by atoms with Gasteiger partial charge in [0.25, 0.3) is 0 Å². The van der Waals surface area contributed by atoms with E-state index in [-0.39, 0.29) is 6.42 Å². The smallest absolute Gasteiger partial charge is 0.327 e. The summed E-state index contributed by atoms with van der Waals surface area (Å²) in [5, 5.41) is 0. The van der Waals surface area contributed by atoms with Crippen LogP contribution >= 0.6 is 0 Å². The van der Waals surface area contributed by atoms with Crippen LogP contribution in [0.25, 0.3) is 0 Å². The lowest BCUT2D eigenvalue weighted by Crippen LogP contribution is -2.41. The Balaban J connectivity index is 2.55. The van der Waals surface area contributed by atoms with Crippen molar-refractivity contribution in [3.8, 4) is 0 Å². The molecule has 0 aromatic carbocycles. The minimum Gasteiger partial charge on any atom is -0.327 e. The van der Waals surface area contributed by atoms with Crippen molar-refractivity contribution in [2.75, 3.05) is 0 Å². The first kappa shape index (κ1) is 8.84. The van der Waals surface area contributed by atoms with Crippen LogP contribution < -0.4 is 5.73 Å². The maximum Gasteiger partial charge on any atom is 0.393 e.